The average Bonchev–Trinajstić information content (AvgIpc) is 2.27. The van der Waals surface area contributed by atoms with Crippen LogP contribution < -0.4 is 0 Å². The lowest BCUT2D eigenvalue weighted by Crippen LogP contribution is -2.11. The molecular formula is C15H20O3. The highest BCUT2D eigenvalue weighted by Crippen LogP contribution is 2.25. The zero-order valence-electron chi connectivity index (χ0n) is 11.4. The van der Waals surface area contributed by atoms with Gasteiger partial charge in [-0.05, 0) is 42.7 Å². The Bertz CT molecular complexity index is 436. The zero-order chi connectivity index (χ0) is 13.8. The first kappa shape index (κ1) is 14.3. The SMILES string of the molecule is CC=C(CC(C)(C)C)OC(=O)c1ccc(O)cc1. The normalized spacial score (nSPS) is 12.3. The molecule has 0 spiro atoms. The fourth-order valence-corrected chi connectivity index (χ4v) is 1.50. The molecule has 3 nitrogen and oxygen atoms in total. The first-order valence-electron chi connectivity index (χ1n) is 5.98. The molecule has 0 unspecified atom stereocenters. The van der Waals surface area contributed by atoms with Gasteiger partial charge >= 0.3 is 5.97 Å². The van der Waals surface area contributed by atoms with E-state index in [2.05, 4.69) is 20.8 Å². The van der Waals surface area contributed by atoms with E-state index in [-0.39, 0.29) is 11.2 Å². The molecule has 3 heteroatoms. The van der Waals surface area contributed by atoms with E-state index < -0.39 is 5.97 Å². The van der Waals surface area contributed by atoms with E-state index in [9.17, 15) is 4.79 Å². The van der Waals surface area contributed by atoms with Crippen molar-refractivity contribution in [3.8, 4) is 5.75 Å². The highest BCUT2D eigenvalue weighted by atomic mass is 16.5. The van der Waals surface area contributed by atoms with Gasteiger partial charge in [0.2, 0.25) is 0 Å². The van der Waals surface area contributed by atoms with Gasteiger partial charge in [0.05, 0.1) is 5.56 Å². The Balaban J connectivity index is 2.72. The Morgan fingerprint density at radius 2 is 1.83 bits per heavy atom. The summed E-state index contributed by atoms with van der Waals surface area (Å²) in [6, 6.07) is 6.02. The Kier molecular flexibility index (Phi) is 4.54. The largest absolute Gasteiger partial charge is 0.508 e. The van der Waals surface area contributed by atoms with Gasteiger partial charge in [0.15, 0.2) is 0 Å². The number of hydrogen-bond acceptors (Lipinski definition) is 3. The van der Waals surface area contributed by atoms with Gasteiger partial charge in [-0.3, -0.25) is 0 Å². The first-order chi connectivity index (χ1) is 8.31. The van der Waals surface area contributed by atoms with Crippen molar-refractivity contribution in [2.45, 2.75) is 34.1 Å². The quantitative estimate of drug-likeness (QED) is 0.652. The van der Waals surface area contributed by atoms with Crippen molar-refractivity contribution in [2.24, 2.45) is 5.41 Å². The number of ether oxygens (including phenoxy) is 1. The predicted molar refractivity (Wildman–Crippen MR) is 71.4 cm³/mol. The van der Waals surface area contributed by atoms with Gasteiger partial charge < -0.3 is 9.84 Å². The van der Waals surface area contributed by atoms with E-state index >= 15 is 0 Å². The van der Waals surface area contributed by atoms with E-state index in [1.807, 2.05) is 13.0 Å². The molecule has 98 valence electrons. The number of benzene rings is 1. The highest BCUT2D eigenvalue weighted by molar-refractivity contribution is 5.90. The summed E-state index contributed by atoms with van der Waals surface area (Å²) < 4.78 is 5.34. The molecule has 0 aliphatic heterocycles. The molecule has 0 saturated heterocycles. The smallest absolute Gasteiger partial charge is 0.343 e. The average molecular weight is 248 g/mol. The lowest BCUT2D eigenvalue weighted by atomic mass is 9.91. The third-order valence-corrected chi connectivity index (χ3v) is 2.35. The van der Waals surface area contributed by atoms with Crippen LogP contribution in [0.25, 0.3) is 0 Å². The fourth-order valence-electron chi connectivity index (χ4n) is 1.50. The standard InChI is InChI=1S/C15H20O3/c1-5-13(10-15(2,3)4)18-14(17)11-6-8-12(16)9-7-11/h5-9,16H,10H2,1-4H3. The van der Waals surface area contributed by atoms with E-state index in [4.69, 9.17) is 9.84 Å². The molecule has 18 heavy (non-hydrogen) atoms. The molecule has 1 aromatic rings. The van der Waals surface area contributed by atoms with Crippen LogP contribution in [0.3, 0.4) is 0 Å². The number of aromatic hydroxyl groups is 1. The van der Waals surface area contributed by atoms with Gasteiger partial charge in [-0.2, -0.15) is 0 Å². The van der Waals surface area contributed by atoms with Crippen LogP contribution in [0.5, 0.6) is 5.75 Å². The van der Waals surface area contributed by atoms with Gasteiger partial charge in [-0.25, -0.2) is 4.79 Å². The molecule has 0 radical (unpaired) electrons. The van der Waals surface area contributed by atoms with Gasteiger partial charge in [-0.15, -0.1) is 0 Å². The summed E-state index contributed by atoms with van der Waals surface area (Å²) in [5.74, 6) is 0.403. The second-order valence-corrected chi connectivity index (χ2v) is 5.43. The molecule has 1 N–H and O–H groups in total. The topological polar surface area (TPSA) is 46.5 Å². The van der Waals surface area contributed by atoms with Crippen LogP contribution in [0.1, 0.15) is 44.5 Å². The van der Waals surface area contributed by atoms with Crippen molar-refractivity contribution in [1.82, 2.24) is 0 Å². The number of esters is 1. The summed E-state index contributed by atoms with van der Waals surface area (Å²) in [5, 5.41) is 9.16. The molecule has 0 aliphatic rings. The van der Waals surface area contributed by atoms with Crippen LogP contribution in [0.15, 0.2) is 36.1 Å². The van der Waals surface area contributed by atoms with E-state index in [1.165, 1.54) is 12.1 Å². The van der Waals surface area contributed by atoms with Crippen molar-refractivity contribution in [3.05, 3.63) is 41.7 Å². The molecule has 1 rings (SSSR count). The van der Waals surface area contributed by atoms with E-state index in [1.54, 1.807) is 12.1 Å². The maximum absolute atomic E-state index is 11.9. The van der Waals surface area contributed by atoms with Gasteiger partial charge in [-0.1, -0.05) is 20.8 Å². The Morgan fingerprint density at radius 1 is 1.28 bits per heavy atom. The second-order valence-electron chi connectivity index (χ2n) is 5.43. The van der Waals surface area contributed by atoms with Crippen LogP contribution in [0.2, 0.25) is 0 Å². The Labute approximate surface area is 108 Å². The number of carbonyl (C=O) groups is 1. The van der Waals surface area contributed by atoms with E-state index in [0.29, 0.717) is 17.7 Å². The van der Waals surface area contributed by atoms with Crippen LogP contribution in [0, 0.1) is 5.41 Å². The lowest BCUT2D eigenvalue weighted by Gasteiger charge is -2.19. The first-order valence-corrected chi connectivity index (χ1v) is 5.98. The summed E-state index contributed by atoms with van der Waals surface area (Å²) in [7, 11) is 0. The third kappa shape index (κ3) is 4.62. The number of rotatable bonds is 3. The van der Waals surface area contributed by atoms with E-state index in [0.717, 1.165) is 0 Å². The van der Waals surface area contributed by atoms with Crippen molar-refractivity contribution in [3.63, 3.8) is 0 Å². The van der Waals surface area contributed by atoms with Gasteiger partial charge in [0.1, 0.15) is 11.5 Å². The maximum atomic E-state index is 11.9. The fraction of sp³-hybridized carbons (Fsp3) is 0.400. The van der Waals surface area contributed by atoms with Crippen LogP contribution in [-0.4, -0.2) is 11.1 Å². The molecule has 0 amide bonds. The molecule has 0 saturated carbocycles. The summed E-state index contributed by atoms with van der Waals surface area (Å²) in [6.45, 7) is 8.12. The minimum absolute atomic E-state index is 0.0665. The summed E-state index contributed by atoms with van der Waals surface area (Å²) in [6.07, 6.45) is 2.51. The van der Waals surface area contributed by atoms with Gasteiger partial charge in [0.25, 0.3) is 0 Å². The molecule has 0 bridgehead atoms. The van der Waals surface area contributed by atoms with Crippen LogP contribution in [0.4, 0.5) is 0 Å². The van der Waals surface area contributed by atoms with Crippen LogP contribution in [-0.2, 0) is 4.74 Å². The van der Waals surface area contributed by atoms with Crippen molar-refractivity contribution >= 4 is 5.97 Å². The van der Waals surface area contributed by atoms with Crippen molar-refractivity contribution in [1.29, 1.82) is 0 Å². The predicted octanol–water partition coefficient (Wildman–Crippen LogP) is 3.89. The maximum Gasteiger partial charge on any atom is 0.343 e. The van der Waals surface area contributed by atoms with Crippen LogP contribution >= 0.6 is 0 Å². The second kappa shape index (κ2) is 5.71. The lowest BCUT2D eigenvalue weighted by molar-refractivity contribution is 0.0597. The molecule has 0 fully saturated rings. The number of carbonyl (C=O) groups excluding carboxylic acids is 1. The molecule has 1 aromatic carbocycles. The summed E-state index contributed by atoms with van der Waals surface area (Å²) >= 11 is 0. The number of phenols is 1. The third-order valence-electron chi connectivity index (χ3n) is 2.35. The number of phenolic OH excluding ortho intramolecular Hbond substituents is 1. The summed E-state index contributed by atoms with van der Waals surface area (Å²) in [4.78, 5) is 11.9. The highest BCUT2D eigenvalue weighted by Gasteiger charge is 2.17. The number of allylic oxidation sites excluding steroid dienone is 2. The molecule has 0 atom stereocenters. The summed E-state index contributed by atoms with van der Waals surface area (Å²) in [5.41, 5.74) is 0.498. The van der Waals surface area contributed by atoms with Crippen molar-refractivity contribution < 1.29 is 14.6 Å². The van der Waals surface area contributed by atoms with Crippen molar-refractivity contribution in [2.75, 3.05) is 0 Å². The van der Waals surface area contributed by atoms with Gasteiger partial charge in [0, 0.05) is 6.42 Å². The number of hydrogen-bond donors (Lipinski definition) is 1. The minimum Gasteiger partial charge on any atom is -0.508 e. The molecular weight excluding hydrogens is 228 g/mol. The minimum atomic E-state index is -0.396. The zero-order valence-corrected chi connectivity index (χ0v) is 11.4. The monoisotopic (exact) mass is 248 g/mol. The molecule has 0 aromatic heterocycles. The Morgan fingerprint density at radius 3 is 2.28 bits per heavy atom. The molecule has 0 aliphatic carbocycles. The Hall–Kier alpha value is -1.77. The molecule has 0 heterocycles.